The zero-order chi connectivity index (χ0) is 19.3. The number of benzene rings is 1. The van der Waals surface area contributed by atoms with Crippen molar-refractivity contribution in [2.24, 2.45) is 5.92 Å². The van der Waals surface area contributed by atoms with Gasteiger partial charge in [0.05, 0.1) is 5.75 Å². The van der Waals surface area contributed by atoms with Crippen LogP contribution in [0.5, 0.6) is 0 Å². The Hall–Kier alpha value is -1.44. The Bertz CT molecular complexity index is 707. The Labute approximate surface area is 163 Å². The van der Waals surface area contributed by atoms with Crippen molar-refractivity contribution in [1.29, 1.82) is 0 Å². The van der Waals surface area contributed by atoms with E-state index in [4.69, 9.17) is 0 Å². The van der Waals surface area contributed by atoms with E-state index < -0.39 is 10.0 Å². The van der Waals surface area contributed by atoms with Crippen LogP contribution in [0.1, 0.15) is 25.3 Å². The van der Waals surface area contributed by atoms with Gasteiger partial charge in [0.15, 0.2) is 0 Å². The van der Waals surface area contributed by atoms with Crippen LogP contribution in [0.4, 0.5) is 0 Å². The summed E-state index contributed by atoms with van der Waals surface area (Å²) in [6.07, 6.45) is 2.33. The van der Waals surface area contributed by atoms with Crippen LogP contribution in [0.2, 0.25) is 0 Å². The van der Waals surface area contributed by atoms with Crippen molar-refractivity contribution < 1.29 is 13.2 Å². The van der Waals surface area contributed by atoms with Crippen LogP contribution in [0.3, 0.4) is 0 Å². The first-order chi connectivity index (χ1) is 13.0. The molecule has 0 N–H and O–H groups in total. The molecule has 2 heterocycles. The average molecular weight is 394 g/mol. The van der Waals surface area contributed by atoms with Gasteiger partial charge in [-0.05, 0) is 31.7 Å². The van der Waals surface area contributed by atoms with Crippen molar-refractivity contribution in [2.45, 2.75) is 26.2 Å². The molecule has 6 nitrogen and oxygen atoms in total. The minimum absolute atomic E-state index is 0.0239. The van der Waals surface area contributed by atoms with E-state index in [9.17, 15) is 13.2 Å². The molecule has 0 aliphatic carbocycles. The maximum absolute atomic E-state index is 12.8. The third-order valence-corrected chi connectivity index (χ3v) is 7.69. The predicted molar refractivity (Wildman–Crippen MR) is 107 cm³/mol. The number of rotatable bonds is 6. The molecule has 1 amide bonds. The van der Waals surface area contributed by atoms with Crippen LogP contribution in [0.25, 0.3) is 0 Å². The maximum atomic E-state index is 12.8. The Morgan fingerprint density at radius 1 is 1.00 bits per heavy atom. The number of sulfonamides is 1. The lowest BCUT2D eigenvalue weighted by Gasteiger charge is -2.38. The van der Waals surface area contributed by atoms with Gasteiger partial charge < -0.3 is 4.90 Å². The van der Waals surface area contributed by atoms with E-state index in [0.717, 1.165) is 39.1 Å². The highest BCUT2D eigenvalue weighted by molar-refractivity contribution is 7.89. The summed E-state index contributed by atoms with van der Waals surface area (Å²) < 4.78 is 25.5. The molecule has 7 heteroatoms. The van der Waals surface area contributed by atoms with Crippen LogP contribution >= 0.6 is 0 Å². The van der Waals surface area contributed by atoms with Crippen LogP contribution in [-0.4, -0.2) is 80.0 Å². The second kappa shape index (κ2) is 9.17. The smallest absolute Gasteiger partial charge is 0.225 e. The Morgan fingerprint density at radius 3 is 2.22 bits per heavy atom. The molecule has 2 aliphatic heterocycles. The number of carbonyl (C=O) groups excluding carboxylic acids is 1. The highest BCUT2D eigenvalue weighted by Crippen LogP contribution is 2.22. The summed E-state index contributed by atoms with van der Waals surface area (Å²) in [6, 6.07) is 10.5. The number of piperazine rings is 1. The quantitative estimate of drug-likeness (QED) is 0.734. The van der Waals surface area contributed by atoms with E-state index in [-0.39, 0.29) is 17.6 Å². The molecular formula is C20H31N3O3S. The monoisotopic (exact) mass is 393 g/mol. The normalized spacial score (nSPS) is 20.7. The fraction of sp³-hybridized carbons (Fsp3) is 0.650. The molecule has 0 aromatic heterocycles. The molecule has 3 rings (SSSR count). The van der Waals surface area contributed by atoms with Gasteiger partial charge in [0.1, 0.15) is 0 Å². The Morgan fingerprint density at radius 2 is 1.63 bits per heavy atom. The molecule has 0 unspecified atom stereocenters. The predicted octanol–water partition coefficient (Wildman–Crippen LogP) is 1.44. The number of carbonyl (C=O) groups is 1. The average Bonchev–Trinajstić information content (AvgIpc) is 2.73. The van der Waals surface area contributed by atoms with Gasteiger partial charge in [-0.15, -0.1) is 0 Å². The number of piperidine rings is 1. The third-order valence-electron chi connectivity index (χ3n) is 5.80. The van der Waals surface area contributed by atoms with Crippen molar-refractivity contribution in [2.75, 3.05) is 51.6 Å². The van der Waals surface area contributed by atoms with Gasteiger partial charge in [0, 0.05) is 51.7 Å². The molecule has 0 spiro atoms. The Kier molecular flexibility index (Phi) is 6.89. The lowest BCUT2D eigenvalue weighted by atomic mass is 9.96. The van der Waals surface area contributed by atoms with E-state index in [0.29, 0.717) is 25.9 Å². The molecule has 150 valence electrons. The SMILES string of the molecule is CCS(=O)(=O)N1CCC(C(=O)N2CCN(CCc3ccccc3)CC2)CC1. The van der Waals surface area contributed by atoms with Gasteiger partial charge >= 0.3 is 0 Å². The molecule has 0 bridgehead atoms. The van der Waals surface area contributed by atoms with Gasteiger partial charge in [-0.1, -0.05) is 30.3 Å². The molecule has 2 aliphatic rings. The first kappa shape index (κ1) is 20.3. The summed E-state index contributed by atoms with van der Waals surface area (Å²) >= 11 is 0. The fourth-order valence-corrected chi connectivity index (χ4v) is 5.08. The molecule has 1 aromatic carbocycles. The van der Waals surface area contributed by atoms with E-state index >= 15 is 0 Å². The summed E-state index contributed by atoms with van der Waals surface area (Å²) in [6.45, 7) is 7.04. The van der Waals surface area contributed by atoms with Gasteiger partial charge in [-0.2, -0.15) is 0 Å². The largest absolute Gasteiger partial charge is 0.340 e. The van der Waals surface area contributed by atoms with Crippen molar-refractivity contribution in [3.63, 3.8) is 0 Å². The summed E-state index contributed by atoms with van der Waals surface area (Å²) in [5, 5.41) is 0. The van der Waals surface area contributed by atoms with Crippen molar-refractivity contribution in [1.82, 2.24) is 14.1 Å². The standard InChI is InChI=1S/C20H31N3O3S/c1-2-27(25,26)23-12-9-19(10-13-23)20(24)22-16-14-21(15-17-22)11-8-18-6-4-3-5-7-18/h3-7,19H,2,8-17H2,1H3. The zero-order valence-corrected chi connectivity index (χ0v) is 17.0. The maximum Gasteiger partial charge on any atom is 0.225 e. The van der Waals surface area contributed by atoms with E-state index in [1.54, 1.807) is 6.92 Å². The van der Waals surface area contributed by atoms with Crippen LogP contribution < -0.4 is 0 Å². The lowest BCUT2D eigenvalue weighted by molar-refractivity contribution is -0.138. The zero-order valence-electron chi connectivity index (χ0n) is 16.2. The van der Waals surface area contributed by atoms with Gasteiger partial charge in [0.2, 0.25) is 15.9 Å². The number of amides is 1. The number of hydrogen-bond donors (Lipinski definition) is 0. The third kappa shape index (κ3) is 5.30. The topological polar surface area (TPSA) is 60.9 Å². The molecule has 0 radical (unpaired) electrons. The summed E-state index contributed by atoms with van der Waals surface area (Å²) in [5.41, 5.74) is 1.35. The van der Waals surface area contributed by atoms with E-state index in [1.807, 2.05) is 11.0 Å². The van der Waals surface area contributed by atoms with Crippen molar-refractivity contribution in [3.8, 4) is 0 Å². The van der Waals surface area contributed by atoms with Gasteiger partial charge in [-0.25, -0.2) is 12.7 Å². The molecular weight excluding hydrogens is 362 g/mol. The summed E-state index contributed by atoms with van der Waals surface area (Å²) in [5.74, 6) is 0.326. The molecule has 0 atom stereocenters. The molecule has 0 saturated carbocycles. The summed E-state index contributed by atoms with van der Waals surface area (Å²) in [7, 11) is -3.13. The van der Waals surface area contributed by atoms with Crippen LogP contribution in [0.15, 0.2) is 30.3 Å². The van der Waals surface area contributed by atoms with Gasteiger partial charge in [-0.3, -0.25) is 9.69 Å². The second-order valence-electron chi connectivity index (χ2n) is 7.48. The molecule has 1 aromatic rings. The highest BCUT2D eigenvalue weighted by atomic mass is 32.2. The molecule has 2 fully saturated rings. The van der Waals surface area contributed by atoms with E-state index in [2.05, 4.69) is 29.2 Å². The number of hydrogen-bond acceptors (Lipinski definition) is 4. The Balaban J connectivity index is 1.41. The first-order valence-electron chi connectivity index (χ1n) is 10.0. The fourth-order valence-electron chi connectivity index (χ4n) is 3.95. The minimum atomic E-state index is -3.13. The summed E-state index contributed by atoms with van der Waals surface area (Å²) in [4.78, 5) is 17.2. The molecule has 2 saturated heterocycles. The minimum Gasteiger partial charge on any atom is -0.340 e. The number of nitrogens with zero attached hydrogens (tertiary/aromatic N) is 3. The van der Waals surface area contributed by atoms with E-state index in [1.165, 1.54) is 9.87 Å². The van der Waals surface area contributed by atoms with Gasteiger partial charge in [0.25, 0.3) is 0 Å². The first-order valence-corrected chi connectivity index (χ1v) is 11.6. The van der Waals surface area contributed by atoms with Crippen LogP contribution in [0, 0.1) is 5.92 Å². The molecule has 27 heavy (non-hydrogen) atoms. The lowest BCUT2D eigenvalue weighted by Crippen LogP contribution is -2.52. The van der Waals surface area contributed by atoms with Crippen LogP contribution in [-0.2, 0) is 21.2 Å². The second-order valence-corrected chi connectivity index (χ2v) is 9.73. The van der Waals surface area contributed by atoms with Crippen molar-refractivity contribution >= 4 is 15.9 Å². The highest BCUT2D eigenvalue weighted by Gasteiger charge is 2.33. The van der Waals surface area contributed by atoms with Crippen molar-refractivity contribution in [3.05, 3.63) is 35.9 Å².